The lowest BCUT2D eigenvalue weighted by Gasteiger charge is -2.11. The first-order chi connectivity index (χ1) is 4.75. The quantitative estimate of drug-likeness (QED) is 0.505. The van der Waals surface area contributed by atoms with Gasteiger partial charge in [-0.25, -0.2) is 0 Å². The maximum Gasteiger partial charge on any atom is 0.254 e. The molecule has 4 nitrogen and oxygen atoms in total. The summed E-state index contributed by atoms with van der Waals surface area (Å²) in [6, 6.07) is 0. The molecule has 4 heteroatoms. The Morgan fingerprint density at radius 3 is 2.30 bits per heavy atom. The van der Waals surface area contributed by atoms with Gasteiger partial charge in [0.15, 0.2) is 0 Å². The third-order valence-electron chi connectivity index (χ3n) is 1.22. The van der Waals surface area contributed by atoms with Gasteiger partial charge in [0.05, 0.1) is 6.67 Å². The van der Waals surface area contributed by atoms with E-state index in [1.54, 1.807) is 7.05 Å². The third kappa shape index (κ3) is 1.06. The van der Waals surface area contributed by atoms with Crippen molar-refractivity contribution in [3.05, 3.63) is 12.2 Å². The van der Waals surface area contributed by atoms with E-state index in [-0.39, 0.29) is 18.5 Å². The minimum Gasteiger partial charge on any atom is -0.302 e. The fourth-order valence-corrected chi connectivity index (χ4v) is 0.745. The average molecular weight is 140 g/mol. The summed E-state index contributed by atoms with van der Waals surface area (Å²) in [6.45, 7) is 0.282. The van der Waals surface area contributed by atoms with Crippen LogP contribution in [0.5, 0.6) is 0 Å². The van der Waals surface area contributed by atoms with Crippen LogP contribution in [0, 0.1) is 0 Å². The van der Waals surface area contributed by atoms with Crippen LogP contribution in [0.2, 0.25) is 0 Å². The standard InChI is InChI=1S/C6H8N2O2/c1-7-4-8-5(9)2-3-6(8)10/h2-3,7H,4H2,1H3. The van der Waals surface area contributed by atoms with Gasteiger partial charge in [-0.1, -0.05) is 0 Å². The van der Waals surface area contributed by atoms with Crippen molar-refractivity contribution in [3.63, 3.8) is 0 Å². The van der Waals surface area contributed by atoms with Crippen LogP contribution in [0.3, 0.4) is 0 Å². The molecule has 1 aliphatic rings. The summed E-state index contributed by atoms with van der Waals surface area (Å²) in [4.78, 5) is 22.6. The lowest BCUT2D eigenvalue weighted by atomic mass is 10.6. The van der Waals surface area contributed by atoms with Crippen molar-refractivity contribution >= 4 is 11.8 Å². The molecule has 1 rings (SSSR count). The molecule has 0 aromatic heterocycles. The Bertz CT molecular complexity index is 180. The monoisotopic (exact) mass is 140 g/mol. The molecule has 10 heavy (non-hydrogen) atoms. The summed E-state index contributed by atoms with van der Waals surface area (Å²) in [5, 5.41) is 2.71. The molecule has 54 valence electrons. The summed E-state index contributed by atoms with van der Waals surface area (Å²) >= 11 is 0. The van der Waals surface area contributed by atoms with Crippen LogP contribution in [-0.4, -0.2) is 30.4 Å². The van der Waals surface area contributed by atoms with Crippen molar-refractivity contribution in [3.8, 4) is 0 Å². The van der Waals surface area contributed by atoms with E-state index >= 15 is 0 Å². The smallest absolute Gasteiger partial charge is 0.254 e. The van der Waals surface area contributed by atoms with Crippen molar-refractivity contribution in [2.45, 2.75) is 0 Å². The molecule has 1 N–H and O–H groups in total. The second kappa shape index (κ2) is 2.62. The zero-order valence-corrected chi connectivity index (χ0v) is 5.63. The zero-order chi connectivity index (χ0) is 7.56. The second-order valence-electron chi connectivity index (χ2n) is 1.95. The van der Waals surface area contributed by atoms with Gasteiger partial charge in [0, 0.05) is 12.2 Å². The molecule has 0 fully saturated rings. The number of carbonyl (C=O) groups excluding carboxylic acids is 2. The van der Waals surface area contributed by atoms with Gasteiger partial charge in [0.2, 0.25) is 0 Å². The number of hydrogen-bond donors (Lipinski definition) is 1. The molecule has 0 spiro atoms. The van der Waals surface area contributed by atoms with Crippen LogP contribution < -0.4 is 5.32 Å². The van der Waals surface area contributed by atoms with E-state index in [0.29, 0.717) is 0 Å². The maximum atomic E-state index is 10.8. The van der Waals surface area contributed by atoms with Gasteiger partial charge in [-0.3, -0.25) is 14.5 Å². The van der Waals surface area contributed by atoms with Crippen molar-refractivity contribution in [2.24, 2.45) is 0 Å². The Kier molecular flexibility index (Phi) is 1.82. The summed E-state index contributed by atoms with van der Waals surface area (Å²) in [5.74, 6) is -0.501. The number of carbonyl (C=O) groups is 2. The summed E-state index contributed by atoms with van der Waals surface area (Å²) in [7, 11) is 1.68. The van der Waals surface area contributed by atoms with Crippen molar-refractivity contribution < 1.29 is 9.59 Å². The van der Waals surface area contributed by atoms with Gasteiger partial charge >= 0.3 is 0 Å². The van der Waals surface area contributed by atoms with Crippen LogP contribution in [0.15, 0.2) is 12.2 Å². The molecular weight excluding hydrogens is 132 g/mol. The zero-order valence-electron chi connectivity index (χ0n) is 5.63. The molecule has 0 saturated heterocycles. The molecule has 1 aliphatic heterocycles. The third-order valence-corrected chi connectivity index (χ3v) is 1.22. The topological polar surface area (TPSA) is 49.4 Å². The lowest BCUT2D eigenvalue weighted by molar-refractivity contribution is -0.137. The molecule has 2 amide bonds. The summed E-state index contributed by atoms with van der Waals surface area (Å²) in [5.41, 5.74) is 0. The fourth-order valence-electron chi connectivity index (χ4n) is 0.745. The van der Waals surface area contributed by atoms with Crippen LogP contribution in [0.4, 0.5) is 0 Å². The van der Waals surface area contributed by atoms with Gasteiger partial charge in [-0.15, -0.1) is 0 Å². The number of nitrogens with zero attached hydrogens (tertiary/aromatic N) is 1. The summed E-state index contributed by atoms with van der Waals surface area (Å²) < 4.78 is 0. The number of hydrogen-bond acceptors (Lipinski definition) is 3. The van der Waals surface area contributed by atoms with Crippen LogP contribution in [0.1, 0.15) is 0 Å². The normalized spacial score (nSPS) is 17.1. The van der Waals surface area contributed by atoms with Gasteiger partial charge in [0.25, 0.3) is 11.8 Å². The Labute approximate surface area is 58.5 Å². The Hall–Kier alpha value is -1.16. The molecule has 0 radical (unpaired) electrons. The molecule has 0 aliphatic carbocycles. The lowest BCUT2D eigenvalue weighted by Crippen LogP contribution is -2.36. The van der Waals surface area contributed by atoms with E-state index in [9.17, 15) is 9.59 Å². The number of rotatable bonds is 2. The van der Waals surface area contributed by atoms with E-state index in [4.69, 9.17) is 0 Å². The SMILES string of the molecule is CNCN1C(=O)C=CC1=O. The van der Waals surface area contributed by atoms with Crippen molar-refractivity contribution in [2.75, 3.05) is 13.7 Å². The molecule has 0 aromatic rings. The van der Waals surface area contributed by atoms with Gasteiger partial charge < -0.3 is 5.32 Å². The van der Waals surface area contributed by atoms with E-state index in [1.807, 2.05) is 0 Å². The number of imide groups is 1. The highest BCUT2D eigenvalue weighted by atomic mass is 16.2. The minimum absolute atomic E-state index is 0.251. The Balaban J connectivity index is 2.60. The highest BCUT2D eigenvalue weighted by Crippen LogP contribution is 2.00. The van der Waals surface area contributed by atoms with E-state index in [1.165, 1.54) is 12.2 Å². The molecular formula is C6H8N2O2. The van der Waals surface area contributed by atoms with Crippen molar-refractivity contribution in [1.82, 2.24) is 10.2 Å². The van der Waals surface area contributed by atoms with Crippen LogP contribution in [0.25, 0.3) is 0 Å². The van der Waals surface area contributed by atoms with E-state index in [2.05, 4.69) is 5.32 Å². The van der Waals surface area contributed by atoms with Gasteiger partial charge in [0.1, 0.15) is 0 Å². The molecule has 0 unspecified atom stereocenters. The number of nitrogens with one attached hydrogen (secondary N) is 1. The molecule has 0 saturated carbocycles. The van der Waals surface area contributed by atoms with Crippen LogP contribution >= 0.6 is 0 Å². The van der Waals surface area contributed by atoms with Crippen LogP contribution in [-0.2, 0) is 9.59 Å². The Morgan fingerprint density at radius 1 is 1.40 bits per heavy atom. The van der Waals surface area contributed by atoms with Gasteiger partial charge in [-0.2, -0.15) is 0 Å². The van der Waals surface area contributed by atoms with Gasteiger partial charge in [-0.05, 0) is 7.05 Å². The first-order valence-electron chi connectivity index (χ1n) is 2.94. The fraction of sp³-hybridized carbons (Fsp3) is 0.333. The molecule has 0 atom stereocenters. The van der Waals surface area contributed by atoms with E-state index in [0.717, 1.165) is 4.90 Å². The predicted octanol–water partition coefficient (Wildman–Crippen LogP) is -0.912. The highest BCUT2D eigenvalue weighted by Gasteiger charge is 2.21. The molecule has 0 bridgehead atoms. The second-order valence-corrected chi connectivity index (χ2v) is 1.95. The first kappa shape index (κ1) is 6.95. The first-order valence-corrected chi connectivity index (χ1v) is 2.94. The molecule has 0 aromatic carbocycles. The largest absolute Gasteiger partial charge is 0.302 e. The Morgan fingerprint density at radius 2 is 1.90 bits per heavy atom. The van der Waals surface area contributed by atoms with Crippen molar-refractivity contribution in [1.29, 1.82) is 0 Å². The predicted molar refractivity (Wildman–Crippen MR) is 34.9 cm³/mol. The summed E-state index contributed by atoms with van der Waals surface area (Å²) in [6.07, 6.45) is 2.53. The average Bonchev–Trinajstić information content (AvgIpc) is 2.20. The minimum atomic E-state index is -0.251. The maximum absolute atomic E-state index is 10.8. The molecule has 1 heterocycles. The van der Waals surface area contributed by atoms with E-state index < -0.39 is 0 Å². The number of amides is 2. The highest BCUT2D eigenvalue weighted by molar-refractivity contribution is 6.12.